The van der Waals surface area contributed by atoms with Crippen LogP contribution in [0, 0.1) is 0 Å². The highest BCUT2D eigenvalue weighted by Gasteiger charge is 2.20. The highest BCUT2D eigenvalue weighted by atomic mass is 32.2. The molecule has 0 aliphatic carbocycles. The lowest BCUT2D eigenvalue weighted by Crippen LogP contribution is -2.27. The van der Waals surface area contributed by atoms with Gasteiger partial charge in [0.25, 0.3) is 0 Å². The molecule has 3 N–H and O–H groups in total. The van der Waals surface area contributed by atoms with Crippen molar-refractivity contribution < 1.29 is 5.11 Å². The Balaban J connectivity index is 1.91. The summed E-state index contributed by atoms with van der Waals surface area (Å²) in [6.07, 6.45) is 2.93. The molecule has 1 aromatic carbocycles. The van der Waals surface area contributed by atoms with E-state index in [1.807, 2.05) is 24.3 Å². The van der Waals surface area contributed by atoms with Crippen molar-refractivity contribution in [2.24, 2.45) is 4.99 Å². The predicted molar refractivity (Wildman–Crippen MR) is 78.8 cm³/mol. The number of hydrogen-bond donors (Lipinski definition) is 3. The highest BCUT2D eigenvalue weighted by molar-refractivity contribution is 8.13. The zero-order valence-electron chi connectivity index (χ0n) is 10.4. The van der Waals surface area contributed by atoms with E-state index in [1.165, 1.54) is 0 Å². The zero-order valence-corrected chi connectivity index (χ0v) is 11.2. The van der Waals surface area contributed by atoms with E-state index < -0.39 is 6.23 Å². The molecule has 0 radical (unpaired) electrons. The zero-order chi connectivity index (χ0) is 13.2. The smallest absolute Gasteiger partial charge is 0.169 e. The van der Waals surface area contributed by atoms with E-state index in [2.05, 4.69) is 27.4 Å². The van der Waals surface area contributed by atoms with Crippen LogP contribution in [0.3, 0.4) is 0 Å². The summed E-state index contributed by atoms with van der Waals surface area (Å²) < 4.78 is 0. The molecule has 1 aromatic heterocycles. The minimum Gasteiger partial charge on any atom is -0.368 e. The third-order valence-corrected chi connectivity index (χ3v) is 3.60. The Hall–Kier alpha value is -1.79. The van der Waals surface area contributed by atoms with Crippen LogP contribution in [-0.4, -0.2) is 32.5 Å². The fraction of sp³-hybridized carbons (Fsp3) is 0.231. The average molecular weight is 274 g/mol. The summed E-state index contributed by atoms with van der Waals surface area (Å²) in [7, 11) is 0. The number of aromatic nitrogens is 2. The molecule has 1 aliphatic rings. The molecule has 0 bridgehead atoms. The van der Waals surface area contributed by atoms with Crippen LogP contribution < -0.4 is 5.32 Å². The maximum Gasteiger partial charge on any atom is 0.169 e. The van der Waals surface area contributed by atoms with Gasteiger partial charge in [0.1, 0.15) is 0 Å². The first kappa shape index (κ1) is 12.3. The van der Waals surface area contributed by atoms with Crippen LogP contribution in [0.1, 0.15) is 12.5 Å². The molecule has 1 aliphatic heterocycles. The molecule has 5 nitrogen and oxygen atoms in total. The first-order chi connectivity index (χ1) is 9.26. The van der Waals surface area contributed by atoms with Crippen molar-refractivity contribution in [3.63, 3.8) is 0 Å². The molecule has 0 amide bonds. The Morgan fingerprint density at radius 1 is 1.47 bits per heavy atom. The number of nitrogens with zero attached hydrogens (tertiary/aromatic N) is 2. The lowest BCUT2D eigenvalue weighted by atomic mass is 10.1. The number of H-pyrrole nitrogens is 1. The van der Waals surface area contributed by atoms with E-state index in [0.717, 1.165) is 27.4 Å². The van der Waals surface area contributed by atoms with Gasteiger partial charge in [-0.05, 0) is 23.5 Å². The summed E-state index contributed by atoms with van der Waals surface area (Å²) in [6, 6.07) is 5.96. The van der Waals surface area contributed by atoms with Gasteiger partial charge in [-0.2, -0.15) is 5.10 Å². The standard InChI is InChI=1S/C13H14N4OS/c1-2-19-13-15-11(12(18)16-13)6-8-3-4-9-7-14-17-10(9)5-8/h3-7,12,18H,2H2,1H3,(H,14,17)(H,15,16)/b11-6-. The average Bonchev–Trinajstić information content (AvgIpc) is 2.97. The van der Waals surface area contributed by atoms with Gasteiger partial charge in [-0.15, -0.1) is 0 Å². The van der Waals surface area contributed by atoms with Crippen LogP contribution in [0.5, 0.6) is 0 Å². The maximum atomic E-state index is 9.89. The number of aromatic amines is 1. The third-order valence-electron chi connectivity index (χ3n) is 2.83. The van der Waals surface area contributed by atoms with E-state index in [0.29, 0.717) is 5.70 Å². The second-order valence-electron chi connectivity index (χ2n) is 4.18. The number of fused-ring (bicyclic) bond motifs is 1. The molecule has 0 saturated carbocycles. The molecule has 1 unspecified atom stereocenters. The Bertz CT molecular complexity index is 661. The molecule has 0 spiro atoms. The summed E-state index contributed by atoms with van der Waals surface area (Å²) in [5.74, 6) is 0.923. The van der Waals surface area contributed by atoms with E-state index in [-0.39, 0.29) is 0 Å². The fourth-order valence-corrected chi connectivity index (χ4v) is 2.58. The summed E-state index contributed by atoms with van der Waals surface area (Å²) in [5, 5.41) is 21.6. The number of aliphatic hydroxyl groups excluding tert-OH is 1. The first-order valence-corrected chi connectivity index (χ1v) is 7.05. The van der Waals surface area contributed by atoms with Crippen LogP contribution in [0.4, 0.5) is 0 Å². The summed E-state index contributed by atoms with van der Waals surface area (Å²) in [4.78, 5) is 4.38. The van der Waals surface area contributed by atoms with Crippen molar-refractivity contribution in [3.05, 3.63) is 35.7 Å². The van der Waals surface area contributed by atoms with E-state index in [4.69, 9.17) is 0 Å². The number of amidine groups is 1. The van der Waals surface area contributed by atoms with Gasteiger partial charge in [-0.25, -0.2) is 4.99 Å². The Morgan fingerprint density at radius 3 is 3.21 bits per heavy atom. The van der Waals surface area contributed by atoms with Gasteiger partial charge in [-0.1, -0.05) is 30.8 Å². The van der Waals surface area contributed by atoms with Crippen molar-refractivity contribution in [1.82, 2.24) is 15.5 Å². The predicted octanol–water partition coefficient (Wildman–Crippen LogP) is 1.93. The third kappa shape index (κ3) is 2.50. The number of rotatable bonds is 2. The molecule has 0 fully saturated rings. The second-order valence-corrected chi connectivity index (χ2v) is 5.44. The fourth-order valence-electron chi connectivity index (χ4n) is 1.94. The molecular formula is C13H14N4OS. The monoisotopic (exact) mass is 274 g/mol. The Kier molecular flexibility index (Phi) is 3.27. The minimum absolute atomic E-state index is 0.634. The normalized spacial score (nSPS) is 20.8. The van der Waals surface area contributed by atoms with Gasteiger partial charge < -0.3 is 10.4 Å². The molecule has 98 valence electrons. The van der Waals surface area contributed by atoms with Crippen LogP contribution in [0.15, 0.2) is 35.1 Å². The molecule has 2 aromatic rings. The van der Waals surface area contributed by atoms with Crippen LogP contribution >= 0.6 is 11.8 Å². The van der Waals surface area contributed by atoms with Gasteiger partial charge in [0.2, 0.25) is 0 Å². The van der Waals surface area contributed by atoms with Crippen molar-refractivity contribution >= 4 is 33.9 Å². The van der Waals surface area contributed by atoms with Gasteiger partial charge in [0.05, 0.1) is 17.4 Å². The number of nitrogens with one attached hydrogen (secondary N) is 2. The Morgan fingerprint density at radius 2 is 2.37 bits per heavy atom. The lowest BCUT2D eigenvalue weighted by molar-refractivity contribution is 0.205. The number of benzene rings is 1. The quantitative estimate of drug-likeness (QED) is 0.782. The summed E-state index contributed by atoms with van der Waals surface area (Å²) >= 11 is 1.58. The minimum atomic E-state index is -0.730. The number of thioether (sulfide) groups is 1. The molecule has 1 atom stereocenters. The highest BCUT2D eigenvalue weighted by Crippen LogP contribution is 2.20. The maximum absolute atomic E-state index is 9.89. The van der Waals surface area contributed by atoms with Crippen molar-refractivity contribution in [2.45, 2.75) is 13.2 Å². The van der Waals surface area contributed by atoms with Gasteiger partial charge in [0, 0.05) is 5.39 Å². The van der Waals surface area contributed by atoms with Crippen LogP contribution in [0.2, 0.25) is 0 Å². The van der Waals surface area contributed by atoms with Crippen molar-refractivity contribution in [3.8, 4) is 0 Å². The molecule has 6 heteroatoms. The molecule has 19 heavy (non-hydrogen) atoms. The Labute approximate surface area is 114 Å². The molecule has 2 heterocycles. The molecule has 3 rings (SSSR count). The van der Waals surface area contributed by atoms with E-state index in [9.17, 15) is 5.11 Å². The summed E-state index contributed by atoms with van der Waals surface area (Å²) in [6.45, 7) is 2.05. The molecular weight excluding hydrogens is 260 g/mol. The topological polar surface area (TPSA) is 73.3 Å². The van der Waals surface area contributed by atoms with E-state index >= 15 is 0 Å². The number of hydrogen-bond acceptors (Lipinski definition) is 5. The number of aliphatic imine (C=N–C) groups is 1. The largest absolute Gasteiger partial charge is 0.368 e. The van der Waals surface area contributed by atoms with Gasteiger partial charge >= 0.3 is 0 Å². The summed E-state index contributed by atoms with van der Waals surface area (Å²) in [5.41, 5.74) is 2.59. The first-order valence-electron chi connectivity index (χ1n) is 6.07. The van der Waals surface area contributed by atoms with Crippen molar-refractivity contribution in [2.75, 3.05) is 5.75 Å². The second kappa shape index (κ2) is 5.07. The van der Waals surface area contributed by atoms with Crippen LogP contribution in [-0.2, 0) is 0 Å². The molecule has 0 saturated heterocycles. The van der Waals surface area contributed by atoms with E-state index in [1.54, 1.807) is 18.0 Å². The SMILES string of the molecule is CCSC1=N/C(=C\c2ccc3cn[nH]c3c2)C(O)N1. The van der Waals surface area contributed by atoms with Gasteiger partial charge in [-0.3, -0.25) is 5.10 Å². The lowest BCUT2D eigenvalue weighted by Gasteiger charge is -2.04. The number of aliphatic hydroxyl groups is 1. The van der Waals surface area contributed by atoms with Crippen LogP contribution in [0.25, 0.3) is 17.0 Å². The van der Waals surface area contributed by atoms with Crippen molar-refractivity contribution in [1.29, 1.82) is 0 Å². The van der Waals surface area contributed by atoms with Gasteiger partial charge in [0.15, 0.2) is 11.4 Å².